The Morgan fingerprint density at radius 2 is 2.05 bits per heavy atom. The van der Waals surface area contributed by atoms with Gasteiger partial charge in [-0.15, -0.1) is 0 Å². The second kappa shape index (κ2) is 5.70. The molecular formula is C15H20ClN3O. The summed E-state index contributed by atoms with van der Waals surface area (Å²) in [6.07, 6.45) is 4.35. The van der Waals surface area contributed by atoms with Crippen molar-refractivity contribution in [3.05, 3.63) is 28.5 Å². The molecule has 4 nitrogen and oxygen atoms in total. The molecule has 1 aliphatic carbocycles. The highest BCUT2D eigenvalue weighted by Gasteiger charge is 2.28. The average molecular weight is 294 g/mol. The Kier molecular flexibility index (Phi) is 3.94. The number of carbonyl (C=O) groups excluding carboxylic acids is 1. The molecule has 2 aliphatic rings. The highest BCUT2D eigenvalue weighted by molar-refractivity contribution is 6.33. The van der Waals surface area contributed by atoms with Gasteiger partial charge in [0.25, 0.3) is 5.91 Å². The fraction of sp³-hybridized carbons (Fsp3) is 0.600. The minimum Gasteiger partial charge on any atom is -0.336 e. The van der Waals surface area contributed by atoms with E-state index in [0.29, 0.717) is 10.6 Å². The largest absolute Gasteiger partial charge is 0.336 e. The molecule has 0 spiro atoms. The van der Waals surface area contributed by atoms with Gasteiger partial charge in [-0.25, -0.2) is 0 Å². The Hall–Kier alpha value is -1.13. The van der Waals surface area contributed by atoms with Crippen molar-refractivity contribution < 1.29 is 4.79 Å². The Morgan fingerprint density at radius 1 is 1.35 bits per heavy atom. The van der Waals surface area contributed by atoms with E-state index in [0.717, 1.165) is 37.8 Å². The third-order valence-electron chi connectivity index (χ3n) is 4.09. The maximum atomic E-state index is 12.5. The molecule has 0 bridgehead atoms. The van der Waals surface area contributed by atoms with Crippen LogP contribution in [-0.2, 0) is 0 Å². The van der Waals surface area contributed by atoms with Gasteiger partial charge in [0.2, 0.25) is 0 Å². The van der Waals surface area contributed by atoms with E-state index in [9.17, 15) is 4.79 Å². The summed E-state index contributed by atoms with van der Waals surface area (Å²) in [7, 11) is 0. The number of halogens is 1. The number of aromatic nitrogens is 1. The van der Waals surface area contributed by atoms with E-state index in [1.165, 1.54) is 19.4 Å². The second-order valence-electron chi connectivity index (χ2n) is 5.84. The molecule has 0 unspecified atom stereocenters. The lowest BCUT2D eigenvalue weighted by Crippen LogP contribution is -2.49. The topological polar surface area (TPSA) is 36.4 Å². The van der Waals surface area contributed by atoms with Crippen LogP contribution in [0.4, 0.5) is 0 Å². The van der Waals surface area contributed by atoms with Crippen molar-refractivity contribution in [2.75, 3.05) is 32.7 Å². The SMILES string of the molecule is Cc1cc(Cl)c(C(=O)N2CCN(CC3CC3)CC2)cn1. The monoisotopic (exact) mass is 293 g/mol. The van der Waals surface area contributed by atoms with Gasteiger partial charge in [-0.3, -0.25) is 14.7 Å². The first kappa shape index (κ1) is 13.8. The highest BCUT2D eigenvalue weighted by atomic mass is 35.5. The van der Waals surface area contributed by atoms with Crippen molar-refractivity contribution >= 4 is 17.5 Å². The molecule has 1 aromatic rings. The van der Waals surface area contributed by atoms with Crippen molar-refractivity contribution in [1.29, 1.82) is 0 Å². The lowest BCUT2D eigenvalue weighted by molar-refractivity contribution is 0.0632. The number of hydrogen-bond donors (Lipinski definition) is 0. The van der Waals surface area contributed by atoms with Crippen molar-refractivity contribution in [2.24, 2.45) is 5.92 Å². The summed E-state index contributed by atoms with van der Waals surface area (Å²) in [5.41, 5.74) is 1.36. The first-order valence-electron chi connectivity index (χ1n) is 7.27. The molecule has 0 radical (unpaired) electrons. The van der Waals surface area contributed by atoms with Crippen LogP contribution in [0.1, 0.15) is 28.9 Å². The second-order valence-corrected chi connectivity index (χ2v) is 6.25. The minimum absolute atomic E-state index is 0.00794. The van der Waals surface area contributed by atoms with Crippen molar-refractivity contribution in [3.8, 4) is 0 Å². The smallest absolute Gasteiger partial charge is 0.257 e. The number of aryl methyl sites for hydroxylation is 1. The van der Waals surface area contributed by atoms with Crippen LogP contribution in [0.2, 0.25) is 5.02 Å². The zero-order valence-corrected chi connectivity index (χ0v) is 12.6. The zero-order chi connectivity index (χ0) is 14.1. The lowest BCUT2D eigenvalue weighted by Gasteiger charge is -2.34. The van der Waals surface area contributed by atoms with Gasteiger partial charge in [-0.1, -0.05) is 11.6 Å². The lowest BCUT2D eigenvalue weighted by atomic mass is 10.2. The maximum Gasteiger partial charge on any atom is 0.257 e. The Bertz CT molecular complexity index is 508. The summed E-state index contributed by atoms with van der Waals surface area (Å²) in [5.74, 6) is 0.918. The number of piperazine rings is 1. The molecule has 20 heavy (non-hydrogen) atoms. The average Bonchev–Trinajstić information content (AvgIpc) is 3.23. The van der Waals surface area contributed by atoms with Crippen LogP contribution in [0.25, 0.3) is 0 Å². The molecule has 0 N–H and O–H groups in total. The Balaban J connectivity index is 1.60. The summed E-state index contributed by atoms with van der Waals surface area (Å²) < 4.78 is 0. The molecular weight excluding hydrogens is 274 g/mol. The van der Waals surface area contributed by atoms with Crippen molar-refractivity contribution in [1.82, 2.24) is 14.8 Å². The molecule has 108 valence electrons. The standard InChI is InChI=1S/C15H20ClN3O/c1-11-8-14(16)13(9-17-11)15(20)19-6-4-18(5-7-19)10-12-2-3-12/h8-9,12H,2-7,10H2,1H3. The quantitative estimate of drug-likeness (QED) is 0.857. The molecule has 0 aromatic carbocycles. The van der Waals surface area contributed by atoms with E-state index in [1.54, 1.807) is 12.3 Å². The van der Waals surface area contributed by atoms with E-state index in [4.69, 9.17) is 11.6 Å². The Labute approximate surface area is 124 Å². The van der Waals surface area contributed by atoms with Gasteiger partial charge >= 0.3 is 0 Å². The van der Waals surface area contributed by atoms with E-state index in [-0.39, 0.29) is 5.91 Å². The number of hydrogen-bond acceptors (Lipinski definition) is 3. The van der Waals surface area contributed by atoms with E-state index in [2.05, 4.69) is 9.88 Å². The number of nitrogens with zero attached hydrogens (tertiary/aromatic N) is 3. The van der Waals surface area contributed by atoms with Crippen LogP contribution in [0.5, 0.6) is 0 Å². The molecule has 1 aliphatic heterocycles. The van der Waals surface area contributed by atoms with Gasteiger partial charge in [-0.05, 0) is 31.7 Å². The van der Waals surface area contributed by atoms with E-state index in [1.807, 2.05) is 11.8 Å². The zero-order valence-electron chi connectivity index (χ0n) is 11.8. The van der Waals surface area contributed by atoms with Crippen molar-refractivity contribution in [3.63, 3.8) is 0 Å². The molecule has 3 rings (SSSR count). The summed E-state index contributed by atoms with van der Waals surface area (Å²) in [6, 6.07) is 1.75. The van der Waals surface area contributed by atoms with E-state index < -0.39 is 0 Å². The van der Waals surface area contributed by atoms with Crippen LogP contribution >= 0.6 is 11.6 Å². The molecule has 5 heteroatoms. The number of carbonyl (C=O) groups is 1. The number of amides is 1. The Morgan fingerprint density at radius 3 is 2.65 bits per heavy atom. The summed E-state index contributed by atoms with van der Waals surface area (Å²) in [5, 5.41) is 0.503. The van der Waals surface area contributed by atoms with Crippen molar-refractivity contribution in [2.45, 2.75) is 19.8 Å². The normalized spacial score (nSPS) is 20.2. The first-order valence-corrected chi connectivity index (χ1v) is 7.65. The predicted molar refractivity (Wildman–Crippen MR) is 79.1 cm³/mol. The molecule has 2 fully saturated rings. The van der Waals surface area contributed by atoms with Gasteiger partial charge in [0, 0.05) is 44.6 Å². The predicted octanol–water partition coefficient (Wildman–Crippen LogP) is 2.21. The third-order valence-corrected chi connectivity index (χ3v) is 4.41. The molecule has 1 saturated heterocycles. The molecule has 1 aromatic heterocycles. The molecule has 0 atom stereocenters. The summed E-state index contributed by atoms with van der Waals surface area (Å²) in [4.78, 5) is 21.0. The van der Waals surface area contributed by atoms with Crippen LogP contribution in [0.15, 0.2) is 12.3 Å². The van der Waals surface area contributed by atoms with Gasteiger partial charge in [0.05, 0.1) is 10.6 Å². The molecule has 2 heterocycles. The van der Waals surface area contributed by atoms with Crippen LogP contribution < -0.4 is 0 Å². The third kappa shape index (κ3) is 3.13. The van der Waals surface area contributed by atoms with Gasteiger partial charge < -0.3 is 4.90 Å². The molecule has 1 amide bonds. The van der Waals surface area contributed by atoms with Gasteiger partial charge in [-0.2, -0.15) is 0 Å². The fourth-order valence-corrected chi connectivity index (χ4v) is 2.94. The molecule has 1 saturated carbocycles. The number of pyridine rings is 1. The summed E-state index contributed by atoms with van der Waals surface area (Å²) >= 11 is 6.15. The first-order chi connectivity index (χ1) is 9.63. The fourth-order valence-electron chi connectivity index (χ4n) is 2.65. The van der Waals surface area contributed by atoms with Gasteiger partial charge in [0.1, 0.15) is 0 Å². The summed E-state index contributed by atoms with van der Waals surface area (Å²) in [6.45, 7) is 6.59. The van der Waals surface area contributed by atoms with E-state index >= 15 is 0 Å². The highest BCUT2D eigenvalue weighted by Crippen LogP contribution is 2.30. The minimum atomic E-state index is 0.00794. The van der Waals surface area contributed by atoms with Gasteiger partial charge in [0.15, 0.2) is 0 Å². The van der Waals surface area contributed by atoms with Crippen LogP contribution in [0, 0.1) is 12.8 Å². The number of rotatable bonds is 3. The van der Waals surface area contributed by atoms with Crippen LogP contribution in [0.3, 0.4) is 0 Å². The van der Waals surface area contributed by atoms with Crippen LogP contribution in [-0.4, -0.2) is 53.4 Å². The maximum absolute atomic E-state index is 12.5.